The Balaban J connectivity index is 0.000000146. The van der Waals surface area contributed by atoms with Crippen LogP contribution < -0.4 is 20.9 Å². The van der Waals surface area contributed by atoms with Crippen LogP contribution in [0.1, 0.15) is 22.8 Å². The van der Waals surface area contributed by atoms with E-state index >= 15 is 0 Å². The Morgan fingerprint density at radius 1 is 0.649 bits per heavy atom. The van der Waals surface area contributed by atoms with Gasteiger partial charge in [0.05, 0.1) is 0 Å². The van der Waals surface area contributed by atoms with E-state index in [1.807, 2.05) is 24.3 Å². The summed E-state index contributed by atoms with van der Waals surface area (Å²) in [6.45, 7) is 8.68. The fourth-order valence-corrected chi connectivity index (χ4v) is 5.14. The van der Waals surface area contributed by atoms with Gasteiger partial charge in [0.25, 0.3) is 0 Å². The highest BCUT2D eigenvalue weighted by molar-refractivity contribution is 7.10. The van der Waals surface area contributed by atoms with Crippen molar-refractivity contribution >= 4 is 39.8 Å². The predicted molar refractivity (Wildman–Crippen MR) is 154 cm³/mol. The summed E-state index contributed by atoms with van der Waals surface area (Å²) < 4.78 is 9.07. The molecule has 0 unspecified atom stereocenters. The first-order chi connectivity index (χ1) is 18.3. The Morgan fingerprint density at radius 3 is 1.62 bits per heavy atom. The summed E-state index contributed by atoms with van der Waals surface area (Å²) in [5.74, 6) is 1.72. The first kappa shape index (κ1) is 27.6. The van der Waals surface area contributed by atoms with E-state index in [2.05, 4.69) is 76.0 Å². The van der Waals surface area contributed by atoms with Crippen molar-refractivity contribution in [2.75, 3.05) is 57.3 Å². The maximum absolute atomic E-state index is 5.67. The summed E-state index contributed by atoms with van der Waals surface area (Å²) in [7, 11) is 0. The molecule has 4 aromatic rings. The topological polar surface area (TPSA) is 90.9 Å². The number of rotatable bonds is 5. The lowest BCUT2D eigenvalue weighted by Crippen LogP contribution is -2.43. The Hall–Kier alpha value is -2.47. The van der Waals surface area contributed by atoms with Crippen LogP contribution in [0, 0.1) is 0 Å². The molecule has 2 saturated heterocycles. The van der Waals surface area contributed by atoms with Gasteiger partial charge in [0.2, 0.25) is 9.60 Å². The summed E-state index contributed by atoms with van der Waals surface area (Å²) in [6.07, 6.45) is 1.58. The van der Waals surface area contributed by atoms with Gasteiger partial charge in [-0.25, -0.2) is 9.97 Å². The fraction of sp³-hybridized carbons (Fsp3) is 0.385. The van der Waals surface area contributed by atoms with Gasteiger partial charge in [0.15, 0.2) is 0 Å². The molecule has 6 rings (SSSR count). The van der Waals surface area contributed by atoms with Crippen molar-refractivity contribution < 1.29 is 0 Å². The molecule has 0 bridgehead atoms. The molecule has 2 aromatic carbocycles. The predicted octanol–water partition coefficient (Wildman–Crippen LogP) is 3.50. The summed E-state index contributed by atoms with van der Waals surface area (Å²) in [6, 6.07) is 20.5. The lowest BCUT2D eigenvalue weighted by molar-refractivity contribution is 0.534. The van der Waals surface area contributed by atoms with Crippen molar-refractivity contribution in [3.05, 3.63) is 87.9 Å². The highest BCUT2D eigenvalue weighted by Gasteiger charge is 2.15. The Morgan fingerprint density at radius 2 is 1.14 bits per heavy atom. The normalized spacial score (nSPS) is 15.2. The molecule has 196 valence electrons. The number of halogens is 1. The third-order valence-corrected chi connectivity index (χ3v) is 7.31. The molecule has 0 spiro atoms. The molecular formula is C26H33ClN8S2. The van der Waals surface area contributed by atoms with Crippen molar-refractivity contribution in [2.24, 2.45) is 0 Å². The number of hydrogen-bond acceptors (Lipinski definition) is 10. The average Bonchev–Trinajstić information content (AvgIpc) is 3.61. The number of piperazine rings is 2. The molecular weight excluding hydrogens is 524 g/mol. The number of nitrogens with zero attached hydrogens (tertiary/aromatic N) is 5. The number of benzene rings is 2. The van der Waals surface area contributed by atoms with Gasteiger partial charge in [-0.2, -0.15) is 8.75 Å². The zero-order chi connectivity index (χ0) is 25.5. The SMILES string of the molecule is C1CNCCN1.Clc1nc(Cc2ccccc2)ns1.c1ccc(Cc2nsc(N3CCNCC3)n2)cc1. The van der Waals surface area contributed by atoms with Crippen LogP contribution in [0.3, 0.4) is 0 Å². The Kier molecular flexibility index (Phi) is 11.7. The van der Waals surface area contributed by atoms with Gasteiger partial charge in [-0.3, -0.25) is 0 Å². The molecule has 37 heavy (non-hydrogen) atoms. The summed E-state index contributed by atoms with van der Waals surface area (Å²) >= 11 is 8.41. The number of hydrogen-bond donors (Lipinski definition) is 3. The van der Waals surface area contributed by atoms with Crippen molar-refractivity contribution in [3.8, 4) is 0 Å². The van der Waals surface area contributed by atoms with E-state index in [4.69, 9.17) is 11.6 Å². The molecule has 0 radical (unpaired) electrons. The van der Waals surface area contributed by atoms with Crippen LogP contribution in [0.25, 0.3) is 0 Å². The second-order valence-electron chi connectivity index (χ2n) is 8.52. The third-order valence-electron chi connectivity index (χ3n) is 5.66. The number of nitrogens with one attached hydrogen (secondary N) is 3. The summed E-state index contributed by atoms with van der Waals surface area (Å²) in [5, 5.41) is 10.8. The molecule has 0 amide bonds. The van der Waals surface area contributed by atoms with Crippen molar-refractivity contribution in [3.63, 3.8) is 0 Å². The van der Waals surface area contributed by atoms with Gasteiger partial charge in [-0.05, 0) is 34.3 Å². The standard InChI is InChI=1S/C13H16N4S.C9H7ClN2S.C4H10N2/c1-2-4-11(5-3-1)10-12-15-13(18-16-12)17-8-6-14-7-9-17;10-9-11-8(12-13-9)6-7-4-2-1-3-5-7;1-2-6-4-3-5-1/h1-5,14H,6-10H2;1-5H,6H2;5-6H,1-4H2. The summed E-state index contributed by atoms with van der Waals surface area (Å²) in [5.41, 5.74) is 2.47. The van der Waals surface area contributed by atoms with Crippen LogP contribution in [-0.4, -0.2) is 71.1 Å². The van der Waals surface area contributed by atoms with Crippen LogP contribution in [0.2, 0.25) is 4.47 Å². The number of aromatic nitrogens is 4. The second kappa shape index (κ2) is 15.7. The van der Waals surface area contributed by atoms with E-state index in [1.54, 1.807) is 0 Å². The summed E-state index contributed by atoms with van der Waals surface area (Å²) in [4.78, 5) is 11.0. The molecule has 0 atom stereocenters. The van der Waals surface area contributed by atoms with Gasteiger partial charge in [0.1, 0.15) is 11.6 Å². The van der Waals surface area contributed by atoms with E-state index in [9.17, 15) is 0 Å². The molecule has 4 heterocycles. The van der Waals surface area contributed by atoms with E-state index < -0.39 is 0 Å². The van der Waals surface area contributed by atoms with Gasteiger partial charge < -0.3 is 20.9 Å². The van der Waals surface area contributed by atoms with Gasteiger partial charge in [-0.1, -0.05) is 60.7 Å². The molecule has 11 heteroatoms. The first-order valence-corrected chi connectivity index (χ1v) is 14.4. The highest BCUT2D eigenvalue weighted by atomic mass is 35.5. The first-order valence-electron chi connectivity index (χ1n) is 12.5. The molecule has 3 N–H and O–H groups in total. The maximum atomic E-state index is 5.67. The molecule has 2 aliphatic rings. The van der Waals surface area contributed by atoms with Crippen LogP contribution >= 0.6 is 34.7 Å². The average molecular weight is 557 g/mol. The molecule has 8 nitrogen and oxygen atoms in total. The third kappa shape index (κ3) is 10.1. The minimum absolute atomic E-state index is 0.505. The Bertz CT molecular complexity index is 1130. The van der Waals surface area contributed by atoms with Crippen molar-refractivity contribution in [1.29, 1.82) is 0 Å². The van der Waals surface area contributed by atoms with Gasteiger partial charge in [0, 0.05) is 76.7 Å². The smallest absolute Gasteiger partial charge is 0.205 e. The largest absolute Gasteiger partial charge is 0.344 e. The number of anilines is 1. The maximum Gasteiger partial charge on any atom is 0.205 e. The van der Waals surface area contributed by atoms with E-state index in [0.29, 0.717) is 4.47 Å². The van der Waals surface area contributed by atoms with Crippen LogP contribution in [-0.2, 0) is 12.8 Å². The van der Waals surface area contributed by atoms with E-state index in [1.165, 1.54) is 34.2 Å². The monoisotopic (exact) mass is 556 g/mol. The lowest BCUT2D eigenvalue weighted by Gasteiger charge is -2.26. The van der Waals surface area contributed by atoms with Crippen LogP contribution in [0.4, 0.5) is 5.13 Å². The Labute approximate surface area is 231 Å². The molecule has 2 fully saturated rings. The van der Waals surface area contributed by atoms with E-state index in [-0.39, 0.29) is 0 Å². The zero-order valence-electron chi connectivity index (χ0n) is 20.8. The quantitative estimate of drug-likeness (QED) is 0.344. The zero-order valence-corrected chi connectivity index (χ0v) is 23.2. The van der Waals surface area contributed by atoms with Gasteiger partial charge >= 0.3 is 0 Å². The molecule has 2 aliphatic heterocycles. The lowest BCUT2D eigenvalue weighted by atomic mass is 10.1. The fourth-order valence-electron chi connectivity index (χ4n) is 3.77. The molecule has 0 saturated carbocycles. The van der Waals surface area contributed by atoms with Crippen molar-refractivity contribution in [2.45, 2.75) is 12.8 Å². The molecule has 0 aliphatic carbocycles. The minimum atomic E-state index is 0.505. The van der Waals surface area contributed by atoms with Gasteiger partial charge in [-0.15, -0.1) is 0 Å². The second-order valence-corrected chi connectivity index (χ2v) is 10.6. The van der Waals surface area contributed by atoms with E-state index in [0.717, 1.165) is 82.0 Å². The highest BCUT2D eigenvalue weighted by Crippen LogP contribution is 2.19. The minimum Gasteiger partial charge on any atom is -0.344 e. The van der Waals surface area contributed by atoms with Crippen LogP contribution in [0.5, 0.6) is 0 Å². The van der Waals surface area contributed by atoms with Crippen molar-refractivity contribution in [1.82, 2.24) is 34.7 Å². The van der Waals surface area contributed by atoms with Crippen LogP contribution in [0.15, 0.2) is 60.7 Å². The molecule has 2 aromatic heterocycles.